The van der Waals surface area contributed by atoms with Gasteiger partial charge in [0.05, 0.1) is 30.2 Å². The van der Waals surface area contributed by atoms with E-state index in [2.05, 4.69) is 46.1 Å². The van der Waals surface area contributed by atoms with Crippen LogP contribution in [0.4, 0.5) is 5.82 Å². The van der Waals surface area contributed by atoms with Crippen molar-refractivity contribution in [2.45, 2.75) is 63.4 Å². The minimum absolute atomic E-state index is 0.0575. The first kappa shape index (κ1) is 17.4. The van der Waals surface area contributed by atoms with Gasteiger partial charge in [-0.1, -0.05) is 13.0 Å². The van der Waals surface area contributed by atoms with Gasteiger partial charge >= 0.3 is 0 Å². The summed E-state index contributed by atoms with van der Waals surface area (Å²) in [5, 5.41) is 0. The first-order valence-corrected chi connectivity index (χ1v) is 10.8. The van der Waals surface area contributed by atoms with Crippen LogP contribution in [0.5, 0.6) is 5.75 Å². The van der Waals surface area contributed by atoms with E-state index in [0.717, 1.165) is 73.7 Å². The predicted octanol–water partition coefficient (Wildman–Crippen LogP) is 3.52. The largest absolute Gasteiger partial charge is 0.487 e. The first-order chi connectivity index (χ1) is 14.2. The molecule has 1 saturated carbocycles. The van der Waals surface area contributed by atoms with Crippen LogP contribution in [0.15, 0.2) is 35.6 Å². The number of hydrogen-bond acceptors (Lipinski definition) is 6. The second kappa shape index (κ2) is 6.52. The lowest BCUT2D eigenvalue weighted by atomic mass is 10.0. The fourth-order valence-electron chi connectivity index (χ4n) is 4.81. The maximum absolute atomic E-state index is 6.31. The van der Waals surface area contributed by atoms with Gasteiger partial charge in [-0.25, -0.2) is 9.97 Å². The smallest absolute Gasteiger partial charge is 0.132 e. The normalized spacial score (nSPS) is 26.2. The Labute approximate surface area is 171 Å². The van der Waals surface area contributed by atoms with E-state index in [1.54, 1.807) is 6.33 Å². The molecule has 2 unspecified atom stereocenters. The van der Waals surface area contributed by atoms with E-state index < -0.39 is 0 Å². The van der Waals surface area contributed by atoms with Crippen molar-refractivity contribution in [3.63, 3.8) is 0 Å². The van der Waals surface area contributed by atoms with E-state index >= 15 is 0 Å². The molecule has 29 heavy (non-hydrogen) atoms. The van der Waals surface area contributed by atoms with E-state index in [0.29, 0.717) is 18.8 Å². The van der Waals surface area contributed by atoms with Crippen molar-refractivity contribution in [2.75, 3.05) is 18.0 Å². The molecule has 0 radical (unpaired) electrons. The summed E-state index contributed by atoms with van der Waals surface area (Å²) in [5.41, 5.74) is 4.27. The summed E-state index contributed by atoms with van der Waals surface area (Å²) in [6.45, 7) is 4.72. The molecular weight excluding hydrogens is 364 g/mol. The second-order valence-corrected chi connectivity index (χ2v) is 8.75. The number of aliphatic imine (C=N–C) groups is 1. The van der Waals surface area contributed by atoms with Crippen LogP contribution in [0, 0.1) is 0 Å². The molecule has 1 aromatic carbocycles. The zero-order chi connectivity index (χ0) is 19.4. The van der Waals surface area contributed by atoms with Crippen LogP contribution in [-0.4, -0.2) is 46.6 Å². The average molecular weight is 390 g/mol. The van der Waals surface area contributed by atoms with Gasteiger partial charge in [-0.05, 0) is 49.8 Å². The molecule has 6 rings (SSSR count). The van der Waals surface area contributed by atoms with Crippen LogP contribution in [0.25, 0.3) is 0 Å². The number of morpholine rings is 1. The summed E-state index contributed by atoms with van der Waals surface area (Å²) >= 11 is 0. The molecule has 4 aliphatic rings. The van der Waals surface area contributed by atoms with Crippen LogP contribution in [-0.2, 0) is 11.3 Å². The topological polar surface area (TPSA) is 59.8 Å². The van der Waals surface area contributed by atoms with Gasteiger partial charge in [0.1, 0.15) is 23.5 Å². The Bertz CT molecular complexity index is 973. The molecule has 3 aliphatic heterocycles. The van der Waals surface area contributed by atoms with Gasteiger partial charge in [0.25, 0.3) is 0 Å². The summed E-state index contributed by atoms with van der Waals surface area (Å²) in [7, 11) is 0. The highest BCUT2D eigenvalue weighted by molar-refractivity contribution is 6.14. The number of benzene rings is 1. The van der Waals surface area contributed by atoms with Gasteiger partial charge in [0.15, 0.2) is 0 Å². The third-order valence-corrected chi connectivity index (χ3v) is 6.79. The Hall–Kier alpha value is -2.47. The number of fused-ring (bicyclic) bond motifs is 3. The Morgan fingerprint density at radius 3 is 2.72 bits per heavy atom. The van der Waals surface area contributed by atoms with E-state index in [4.69, 9.17) is 14.5 Å². The fraction of sp³-hybridized carbons (Fsp3) is 0.522. The molecule has 0 spiro atoms. The molecule has 0 amide bonds. The number of nitrogens with zero attached hydrogens (tertiary/aromatic N) is 4. The van der Waals surface area contributed by atoms with Crippen LogP contribution in [0.2, 0.25) is 0 Å². The minimum atomic E-state index is 0.0575. The quantitative estimate of drug-likeness (QED) is 0.782. The van der Waals surface area contributed by atoms with Crippen LogP contribution in [0.1, 0.15) is 55.8 Å². The average Bonchev–Trinajstić information content (AvgIpc) is 3.27. The molecule has 150 valence electrons. The molecule has 1 aliphatic carbocycles. The van der Waals surface area contributed by atoms with Crippen molar-refractivity contribution in [1.29, 1.82) is 0 Å². The molecule has 6 heteroatoms. The minimum Gasteiger partial charge on any atom is -0.487 e. The summed E-state index contributed by atoms with van der Waals surface area (Å²) in [6.07, 6.45) is 8.01. The van der Waals surface area contributed by atoms with Gasteiger partial charge in [0, 0.05) is 24.7 Å². The molecule has 2 saturated heterocycles. The van der Waals surface area contributed by atoms with Crippen molar-refractivity contribution in [3.8, 4) is 5.75 Å². The number of hydrogen-bond donors (Lipinski definition) is 0. The lowest BCUT2D eigenvalue weighted by molar-refractivity contribution is 0.0302. The lowest BCUT2D eigenvalue weighted by Crippen LogP contribution is -2.43. The Morgan fingerprint density at radius 1 is 1.14 bits per heavy atom. The van der Waals surface area contributed by atoms with Gasteiger partial charge in [0.2, 0.25) is 0 Å². The van der Waals surface area contributed by atoms with Gasteiger partial charge in [-0.15, -0.1) is 0 Å². The summed E-state index contributed by atoms with van der Waals surface area (Å²) in [4.78, 5) is 16.3. The molecule has 2 atom stereocenters. The van der Waals surface area contributed by atoms with Crippen molar-refractivity contribution in [2.24, 2.45) is 4.99 Å². The number of ether oxygens (including phenoxy) is 2. The second-order valence-electron chi connectivity index (χ2n) is 8.75. The van der Waals surface area contributed by atoms with Crippen molar-refractivity contribution in [3.05, 3.63) is 47.4 Å². The highest BCUT2D eigenvalue weighted by Gasteiger charge is 2.43. The molecule has 0 N–H and O–H groups in total. The van der Waals surface area contributed by atoms with Gasteiger partial charge in [-0.3, -0.25) is 4.99 Å². The first-order valence-electron chi connectivity index (χ1n) is 10.8. The summed E-state index contributed by atoms with van der Waals surface area (Å²) in [6, 6.07) is 8.46. The maximum Gasteiger partial charge on any atom is 0.132 e. The zero-order valence-electron chi connectivity index (χ0n) is 16.8. The molecule has 1 aromatic heterocycles. The maximum atomic E-state index is 6.31. The molecule has 6 nitrogen and oxygen atoms in total. The molecule has 3 fully saturated rings. The molecular formula is C23H26N4O2. The monoisotopic (exact) mass is 390 g/mol. The summed E-state index contributed by atoms with van der Waals surface area (Å²) < 4.78 is 12.3. The lowest BCUT2D eigenvalue weighted by Gasteiger charge is -2.33. The number of rotatable bonds is 5. The van der Waals surface area contributed by atoms with Crippen molar-refractivity contribution >= 4 is 11.5 Å². The third kappa shape index (κ3) is 3.10. The molecule has 2 bridgehead atoms. The van der Waals surface area contributed by atoms with Gasteiger partial charge in [-0.2, -0.15) is 0 Å². The van der Waals surface area contributed by atoms with E-state index in [-0.39, 0.29) is 5.60 Å². The SMILES string of the molecule is CCC1(Oc2ccc3c(c2)C(c2cc(N4CC5CCC(C4)O5)ncn2)=NC3)CC1. The van der Waals surface area contributed by atoms with E-state index in [1.165, 1.54) is 5.56 Å². The van der Waals surface area contributed by atoms with Crippen molar-refractivity contribution in [1.82, 2.24) is 9.97 Å². The van der Waals surface area contributed by atoms with E-state index in [9.17, 15) is 0 Å². The van der Waals surface area contributed by atoms with Crippen molar-refractivity contribution < 1.29 is 9.47 Å². The molecule has 2 aromatic rings. The Morgan fingerprint density at radius 2 is 1.97 bits per heavy atom. The fourth-order valence-corrected chi connectivity index (χ4v) is 4.81. The number of aromatic nitrogens is 2. The zero-order valence-corrected chi connectivity index (χ0v) is 16.8. The van der Waals surface area contributed by atoms with Crippen LogP contribution >= 0.6 is 0 Å². The predicted molar refractivity (Wildman–Crippen MR) is 111 cm³/mol. The van der Waals surface area contributed by atoms with E-state index in [1.807, 2.05) is 0 Å². The Kier molecular flexibility index (Phi) is 3.91. The molecule has 4 heterocycles. The summed E-state index contributed by atoms with van der Waals surface area (Å²) in [5.74, 6) is 1.92. The highest BCUT2D eigenvalue weighted by Crippen LogP contribution is 2.43. The van der Waals surface area contributed by atoms with Crippen LogP contribution < -0.4 is 9.64 Å². The Balaban J connectivity index is 1.28. The standard InChI is InChI=1S/C23H26N4O2/c1-2-23(7-8-23)29-16-4-3-15-11-24-22(19(15)9-16)20-10-21(26-14-25-20)27-12-17-5-6-18(13-27)28-17/h3-4,9-10,14,17-18H,2,5-8,11-13H2,1H3. The third-order valence-electron chi connectivity index (χ3n) is 6.79. The highest BCUT2D eigenvalue weighted by atomic mass is 16.5. The van der Waals surface area contributed by atoms with Crippen LogP contribution in [0.3, 0.4) is 0 Å². The van der Waals surface area contributed by atoms with Gasteiger partial charge < -0.3 is 14.4 Å². The number of anilines is 1.